The van der Waals surface area contributed by atoms with Gasteiger partial charge in [-0.3, -0.25) is 4.90 Å². The lowest BCUT2D eigenvalue weighted by Gasteiger charge is -2.26. The second-order valence-electron chi connectivity index (χ2n) is 6.37. The molecular formula is C19H26N2O4S. The molecule has 0 saturated carbocycles. The minimum Gasteiger partial charge on any atom is -0.494 e. The number of ether oxygens (including phenoxy) is 2. The molecule has 3 rings (SSSR count). The van der Waals surface area contributed by atoms with E-state index in [1.807, 2.05) is 24.3 Å². The molecule has 2 aromatic carbocycles. The van der Waals surface area contributed by atoms with Crippen molar-refractivity contribution in [2.75, 3.05) is 46.0 Å². The van der Waals surface area contributed by atoms with Gasteiger partial charge < -0.3 is 9.47 Å². The molecule has 0 aromatic heterocycles. The Labute approximate surface area is 155 Å². The van der Waals surface area contributed by atoms with Gasteiger partial charge in [-0.05, 0) is 41.5 Å². The predicted molar refractivity (Wildman–Crippen MR) is 102 cm³/mol. The van der Waals surface area contributed by atoms with Crippen molar-refractivity contribution >= 4 is 20.8 Å². The Morgan fingerprint density at radius 3 is 2.62 bits per heavy atom. The average Bonchev–Trinajstić information content (AvgIpc) is 2.66. The number of benzene rings is 2. The van der Waals surface area contributed by atoms with Crippen LogP contribution in [0.3, 0.4) is 0 Å². The van der Waals surface area contributed by atoms with Crippen molar-refractivity contribution in [3.8, 4) is 5.75 Å². The first-order chi connectivity index (χ1) is 12.6. The minimum absolute atomic E-state index is 0.286. The van der Waals surface area contributed by atoms with Crippen LogP contribution in [0.25, 0.3) is 10.8 Å². The van der Waals surface area contributed by atoms with Crippen LogP contribution in [-0.4, -0.2) is 59.3 Å². The molecule has 0 amide bonds. The van der Waals surface area contributed by atoms with Crippen LogP contribution in [0.1, 0.15) is 13.3 Å². The molecule has 0 aliphatic carbocycles. The monoisotopic (exact) mass is 378 g/mol. The fraction of sp³-hybridized carbons (Fsp3) is 0.474. The van der Waals surface area contributed by atoms with E-state index in [0.717, 1.165) is 36.0 Å². The molecule has 0 unspecified atom stereocenters. The zero-order valence-electron chi connectivity index (χ0n) is 15.1. The summed E-state index contributed by atoms with van der Waals surface area (Å²) in [4.78, 5) is 2.48. The predicted octanol–water partition coefficient (Wildman–Crippen LogP) is 2.24. The summed E-state index contributed by atoms with van der Waals surface area (Å²) >= 11 is 0. The van der Waals surface area contributed by atoms with Crippen LogP contribution >= 0.6 is 0 Å². The number of nitrogens with zero attached hydrogens (tertiary/aromatic N) is 1. The second kappa shape index (κ2) is 8.81. The van der Waals surface area contributed by atoms with E-state index in [-0.39, 0.29) is 4.90 Å². The van der Waals surface area contributed by atoms with Crippen molar-refractivity contribution in [3.05, 3.63) is 36.4 Å². The first-order valence-electron chi connectivity index (χ1n) is 9.05. The topological polar surface area (TPSA) is 67.9 Å². The van der Waals surface area contributed by atoms with E-state index < -0.39 is 10.0 Å². The summed E-state index contributed by atoms with van der Waals surface area (Å²) in [6.07, 6.45) is 0.950. The van der Waals surface area contributed by atoms with Crippen molar-refractivity contribution in [2.24, 2.45) is 0 Å². The van der Waals surface area contributed by atoms with Gasteiger partial charge in [0.25, 0.3) is 0 Å². The third kappa shape index (κ3) is 4.94. The van der Waals surface area contributed by atoms with Crippen LogP contribution in [0.15, 0.2) is 41.3 Å². The number of rotatable bonds is 8. The molecule has 7 heteroatoms. The van der Waals surface area contributed by atoms with Crippen LogP contribution in [-0.2, 0) is 14.8 Å². The molecule has 0 spiro atoms. The van der Waals surface area contributed by atoms with E-state index in [1.54, 1.807) is 12.1 Å². The number of sulfonamides is 1. The zero-order chi connectivity index (χ0) is 18.4. The highest BCUT2D eigenvalue weighted by Crippen LogP contribution is 2.24. The first kappa shape index (κ1) is 19.1. The Hall–Kier alpha value is -1.67. The van der Waals surface area contributed by atoms with Gasteiger partial charge in [0.2, 0.25) is 10.0 Å². The zero-order valence-corrected chi connectivity index (χ0v) is 15.9. The smallest absolute Gasteiger partial charge is 0.240 e. The SMILES string of the molecule is CCCOc1ccc2cc(S(=O)(=O)NCCN3CCOCC3)ccc2c1. The molecule has 1 aliphatic heterocycles. The summed E-state index contributed by atoms with van der Waals surface area (Å²) in [6, 6.07) is 10.9. The molecule has 0 atom stereocenters. The van der Waals surface area contributed by atoms with Crippen LogP contribution in [0.2, 0.25) is 0 Å². The van der Waals surface area contributed by atoms with Gasteiger partial charge in [-0.25, -0.2) is 13.1 Å². The molecule has 0 radical (unpaired) electrons. The number of fused-ring (bicyclic) bond motifs is 1. The van der Waals surface area contributed by atoms with Gasteiger partial charge in [0.15, 0.2) is 0 Å². The molecule has 6 nitrogen and oxygen atoms in total. The Morgan fingerprint density at radius 1 is 1.12 bits per heavy atom. The third-order valence-electron chi connectivity index (χ3n) is 4.39. The van der Waals surface area contributed by atoms with Crippen LogP contribution in [0, 0.1) is 0 Å². The van der Waals surface area contributed by atoms with E-state index in [4.69, 9.17) is 9.47 Å². The molecule has 1 aliphatic rings. The molecule has 1 saturated heterocycles. The summed E-state index contributed by atoms with van der Waals surface area (Å²) < 4.78 is 38.7. The third-order valence-corrected chi connectivity index (χ3v) is 5.85. The van der Waals surface area contributed by atoms with Gasteiger partial charge in [0.1, 0.15) is 5.75 Å². The van der Waals surface area contributed by atoms with E-state index in [0.29, 0.717) is 32.9 Å². The molecular weight excluding hydrogens is 352 g/mol. The maximum Gasteiger partial charge on any atom is 0.240 e. The number of hydrogen-bond acceptors (Lipinski definition) is 5. The van der Waals surface area contributed by atoms with Gasteiger partial charge in [0.05, 0.1) is 24.7 Å². The molecule has 26 heavy (non-hydrogen) atoms. The van der Waals surface area contributed by atoms with E-state index in [1.165, 1.54) is 0 Å². The summed E-state index contributed by atoms with van der Waals surface area (Å²) in [7, 11) is -3.52. The van der Waals surface area contributed by atoms with Crippen LogP contribution in [0.4, 0.5) is 0 Å². The van der Waals surface area contributed by atoms with E-state index in [9.17, 15) is 8.42 Å². The maximum absolute atomic E-state index is 12.5. The fourth-order valence-corrected chi connectivity index (χ4v) is 3.98. The van der Waals surface area contributed by atoms with Crippen LogP contribution in [0.5, 0.6) is 5.75 Å². The molecule has 2 aromatic rings. The van der Waals surface area contributed by atoms with Gasteiger partial charge in [-0.15, -0.1) is 0 Å². The molecule has 142 valence electrons. The summed E-state index contributed by atoms with van der Waals surface area (Å²) in [5.74, 6) is 0.804. The van der Waals surface area contributed by atoms with Gasteiger partial charge in [0, 0.05) is 26.2 Å². The lowest BCUT2D eigenvalue weighted by atomic mass is 10.1. The summed E-state index contributed by atoms with van der Waals surface area (Å²) in [5, 5.41) is 1.84. The van der Waals surface area contributed by atoms with Crippen molar-refractivity contribution in [1.29, 1.82) is 0 Å². The maximum atomic E-state index is 12.5. The lowest BCUT2D eigenvalue weighted by Crippen LogP contribution is -2.41. The van der Waals surface area contributed by atoms with Gasteiger partial charge in [-0.2, -0.15) is 0 Å². The van der Waals surface area contributed by atoms with Gasteiger partial charge >= 0.3 is 0 Å². The quantitative estimate of drug-likeness (QED) is 0.763. The highest BCUT2D eigenvalue weighted by Gasteiger charge is 2.16. The second-order valence-corrected chi connectivity index (χ2v) is 8.14. The Balaban J connectivity index is 1.65. The largest absolute Gasteiger partial charge is 0.494 e. The summed E-state index contributed by atoms with van der Waals surface area (Å²) in [5.41, 5.74) is 0. The summed E-state index contributed by atoms with van der Waals surface area (Å²) in [6.45, 7) is 6.93. The van der Waals surface area contributed by atoms with Crippen molar-refractivity contribution < 1.29 is 17.9 Å². The molecule has 1 heterocycles. The Kier molecular flexibility index (Phi) is 6.48. The fourth-order valence-electron chi connectivity index (χ4n) is 2.92. The van der Waals surface area contributed by atoms with E-state index >= 15 is 0 Å². The highest BCUT2D eigenvalue weighted by atomic mass is 32.2. The normalized spacial score (nSPS) is 16.0. The molecule has 1 fully saturated rings. The number of hydrogen-bond donors (Lipinski definition) is 1. The first-order valence-corrected chi connectivity index (χ1v) is 10.5. The Morgan fingerprint density at radius 2 is 1.85 bits per heavy atom. The average molecular weight is 378 g/mol. The van der Waals surface area contributed by atoms with Crippen molar-refractivity contribution in [3.63, 3.8) is 0 Å². The lowest BCUT2D eigenvalue weighted by molar-refractivity contribution is 0.0390. The van der Waals surface area contributed by atoms with Crippen molar-refractivity contribution in [1.82, 2.24) is 9.62 Å². The van der Waals surface area contributed by atoms with Gasteiger partial charge in [-0.1, -0.05) is 19.1 Å². The standard InChI is InChI=1S/C19H26N2O4S/c1-2-11-25-18-5-3-17-15-19(6-4-16(17)14-18)26(22,23)20-7-8-21-9-12-24-13-10-21/h3-6,14-15,20H,2,7-13H2,1H3. The van der Waals surface area contributed by atoms with Crippen LogP contribution < -0.4 is 9.46 Å². The minimum atomic E-state index is -3.52. The van der Waals surface area contributed by atoms with Crippen molar-refractivity contribution in [2.45, 2.75) is 18.2 Å². The number of morpholine rings is 1. The molecule has 1 N–H and O–H groups in total. The van der Waals surface area contributed by atoms with E-state index in [2.05, 4.69) is 16.5 Å². The molecule has 0 bridgehead atoms. The number of nitrogens with one attached hydrogen (secondary N) is 1. The highest BCUT2D eigenvalue weighted by molar-refractivity contribution is 7.89. The Bertz CT molecular complexity index is 833.